The van der Waals surface area contributed by atoms with Crippen molar-refractivity contribution in [1.29, 1.82) is 0 Å². The Kier molecular flexibility index (Phi) is 7.46. The number of nitrogens with one attached hydrogen (secondary N) is 1. The first kappa shape index (κ1) is 23.5. The average Bonchev–Trinajstić information content (AvgIpc) is 2.80. The van der Waals surface area contributed by atoms with E-state index in [1.54, 1.807) is 6.92 Å². The van der Waals surface area contributed by atoms with Crippen LogP contribution >= 0.6 is 11.6 Å². The predicted molar refractivity (Wildman–Crippen MR) is 132 cm³/mol. The van der Waals surface area contributed by atoms with Crippen LogP contribution in [0.3, 0.4) is 0 Å². The predicted octanol–water partition coefficient (Wildman–Crippen LogP) is 6.02. The summed E-state index contributed by atoms with van der Waals surface area (Å²) in [5.74, 6) is -0.143. The molecular weight excluding hydrogens is 435 g/mol. The Morgan fingerprint density at radius 3 is 2.64 bits per heavy atom. The Balaban J connectivity index is 1.52. The van der Waals surface area contributed by atoms with Crippen LogP contribution in [0.25, 0.3) is 0 Å². The van der Waals surface area contributed by atoms with Gasteiger partial charge in [-0.05, 0) is 60.6 Å². The lowest BCUT2D eigenvalue weighted by Gasteiger charge is -2.37. The zero-order chi connectivity index (χ0) is 23.4. The topological polar surface area (TPSA) is 32.3 Å². The number of aryl methyl sites for hydroxylation is 2. The monoisotopic (exact) mass is 464 g/mol. The molecule has 3 nitrogen and oxygen atoms in total. The lowest BCUT2D eigenvalue weighted by molar-refractivity contribution is -0.127. The molecule has 1 amide bonds. The molecule has 1 fully saturated rings. The Morgan fingerprint density at radius 1 is 1.06 bits per heavy atom. The Hall–Kier alpha value is -2.69. The third-order valence-electron chi connectivity index (χ3n) is 6.45. The molecule has 0 bridgehead atoms. The SMILES string of the molecule is Cc1cccc(CNC(=O)[C@@H]2C[C@@H](c3ccc(F)c(C)c3)CN(Cc3ccccc3Cl)C2)c1. The van der Waals surface area contributed by atoms with E-state index < -0.39 is 0 Å². The Morgan fingerprint density at radius 2 is 1.88 bits per heavy atom. The van der Waals surface area contributed by atoms with E-state index in [4.69, 9.17) is 11.6 Å². The lowest BCUT2D eigenvalue weighted by Crippen LogP contribution is -2.45. The average molecular weight is 465 g/mol. The molecule has 1 heterocycles. The molecule has 1 aliphatic rings. The molecule has 1 N–H and O–H groups in total. The second-order valence-corrected chi connectivity index (χ2v) is 9.54. The molecule has 3 aromatic carbocycles. The summed E-state index contributed by atoms with van der Waals surface area (Å²) in [4.78, 5) is 15.5. The molecule has 0 saturated carbocycles. The van der Waals surface area contributed by atoms with E-state index in [-0.39, 0.29) is 23.6 Å². The van der Waals surface area contributed by atoms with Crippen LogP contribution in [-0.2, 0) is 17.9 Å². The number of amides is 1. The molecule has 2 atom stereocenters. The van der Waals surface area contributed by atoms with Crippen LogP contribution in [0, 0.1) is 25.6 Å². The molecule has 3 aromatic rings. The molecule has 4 rings (SSSR count). The summed E-state index contributed by atoms with van der Waals surface area (Å²) in [6, 6.07) is 21.3. The Labute approximate surface area is 200 Å². The Bertz CT molecular complexity index is 1130. The molecular formula is C28H30ClFN2O. The molecule has 5 heteroatoms. The number of carbonyl (C=O) groups is 1. The highest BCUT2D eigenvalue weighted by Crippen LogP contribution is 2.33. The van der Waals surface area contributed by atoms with Gasteiger partial charge in [-0.15, -0.1) is 0 Å². The van der Waals surface area contributed by atoms with Crippen LogP contribution in [0.4, 0.5) is 4.39 Å². The number of carbonyl (C=O) groups excluding carboxylic acids is 1. The minimum atomic E-state index is -0.199. The second kappa shape index (κ2) is 10.5. The van der Waals surface area contributed by atoms with E-state index in [0.717, 1.165) is 34.7 Å². The van der Waals surface area contributed by atoms with Crippen LogP contribution in [0.2, 0.25) is 5.02 Å². The van der Waals surface area contributed by atoms with Crippen LogP contribution in [-0.4, -0.2) is 23.9 Å². The number of benzene rings is 3. The maximum absolute atomic E-state index is 13.9. The third kappa shape index (κ3) is 6.01. The van der Waals surface area contributed by atoms with Gasteiger partial charge in [0, 0.05) is 31.2 Å². The van der Waals surface area contributed by atoms with Crippen LogP contribution in [0.5, 0.6) is 0 Å². The number of halogens is 2. The van der Waals surface area contributed by atoms with Crippen LogP contribution in [0.1, 0.15) is 40.2 Å². The minimum absolute atomic E-state index is 0.0594. The standard InChI is InChI=1S/C28H30ClFN2O/c1-19-6-5-7-21(12-19)15-31-28(33)25-14-24(22-10-11-27(30)20(2)13-22)17-32(18-25)16-23-8-3-4-9-26(23)29/h3-13,24-25H,14-18H2,1-2H3,(H,31,33)/t24-,25-/m1/s1. The summed E-state index contributed by atoms with van der Waals surface area (Å²) >= 11 is 6.42. The van der Waals surface area contributed by atoms with E-state index in [9.17, 15) is 9.18 Å². The number of hydrogen-bond donors (Lipinski definition) is 1. The number of piperidine rings is 1. The van der Waals surface area contributed by atoms with Crippen molar-refractivity contribution in [2.24, 2.45) is 5.92 Å². The van der Waals surface area contributed by atoms with Gasteiger partial charge < -0.3 is 5.32 Å². The number of rotatable bonds is 6. The van der Waals surface area contributed by atoms with Gasteiger partial charge >= 0.3 is 0 Å². The van der Waals surface area contributed by atoms with Crippen molar-refractivity contribution >= 4 is 17.5 Å². The zero-order valence-corrected chi connectivity index (χ0v) is 19.9. The van der Waals surface area contributed by atoms with E-state index in [1.807, 2.05) is 61.5 Å². The van der Waals surface area contributed by atoms with Crippen molar-refractivity contribution in [3.8, 4) is 0 Å². The smallest absolute Gasteiger partial charge is 0.224 e. The molecule has 0 spiro atoms. The number of likely N-dealkylation sites (tertiary alicyclic amines) is 1. The second-order valence-electron chi connectivity index (χ2n) is 9.13. The van der Waals surface area contributed by atoms with E-state index in [1.165, 1.54) is 11.6 Å². The fraction of sp³-hybridized carbons (Fsp3) is 0.321. The van der Waals surface area contributed by atoms with Crippen LogP contribution in [0.15, 0.2) is 66.7 Å². The summed E-state index contributed by atoms with van der Waals surface area (Å²) in [6.07, 6.45) is 0.740. The fourth-order valence-electron chi connectivity index (χ4n) is 4.70. The minimum Gasteiger partial charge on any atom is -0.352 e. The van der Waals surface area contributed by atoms with Gasteiger partial charge in [-0.1, -0.05) is 71.8 Å². The van der Waals surface area contributed by atoms with Crippen molar-refractivity contribution in [3.05, 3.63) is 105 Å². The van der Waals surface area contributed by atoms with Gasteiger partial charge in [0.25, 0.3) is 0 Å². The van der Waals surface area contributed by atoms with Gasteiger partial charge in [-0.25, -0.2) is 4.39 Å². The fourth-order valence-corrected chi connectivity index (χ4v) is 4.89. The maximum atomic E-state index is 13.9. The highest BCUT2D eigenvalue weighted by atomic mass is 35.5. The van der Waals surface area contributed by atoms with Crippen molar-refractivity contribution in [2.45, 2.75) is 39.3 Å². The maximum Gasteiger partial charge on any atom is 0.224 e. The van der Waals surface area contributed by atoms with Crippen molar-refractivity contribution in [1.82, 2.24) is 10.2 Å². The number of hydrogen-bond acceptors (Lipinski definition) is 2. The summed E-state index contributed by atoms with van der Waals surface area (Å²) in [7, 11) is 0. The first-order valence-electron chi connectivity index (χ1n) is 11.4. The largest absolute Gasteiger partial charge is 0.352 e. The van der Waals surface area contributed by atoms with Gasteiger partial charge in [0.15, 0.2) is 0 Å². The first-order chi connectivity index (χ1) is 15.9. The van der Waals surface area contributed by atoms with Crippen molar-refractivity contribution in [3.63, 3.8) is 0 Å². The summed E-state index contributed by atoms with van der Waals surface area (Å²) in [5, 5.41) is 3.87. The molecule has 172 valence electrons. The molecule has 0 radical (unpaired) electrons. The molecule has 33 heavy (non-hydrogen) atoms. The van der Waals surface area contributed by atoms with Gasteiger partial charge in [-0.2, -0.15) is 0 Å². The van der Waals surface area contributed by atoms with E-state index >= 15 is 0 Å². The van der Waals surface area contributed by atoms with Gasteiger partial charge in [-0.3, -0.25) is 9.69 Å². The van der Waals surface area contributed by atoms with E-state index in [2.05, 4.69) is 16.3 Å². The van der Waals surface area contributed by atoms with Crippen molar-refractivity contribution in [2.75, 3.05) is 13.1 Å². The molecule has 1 saturated heterocycles. The third-order valence-corrected chi connectivity index (χ3v) is 6.82. The quantitative estimate of drug-likeness (QED) is 0.484. The molecule has 0 aromatic heterocycles. The first-order valence-corrected chi connectivity index (χ1v) is 11.8. The highest BCUT2D eigenvalue weighted by Gasteiger charge is 2.32. The normalized spacial score (nSPS) is 18.8. The van der Waals surface area contributed by atoms with Gasteiger partial charge in [0.05, 0.1) is 5.92 Å². The summed E-state index contributed by atoms with van der Waals surface area (Å²) in [6.45, 7) is 6.50. The van der Waals surface area contributed by atoms with Crippen LogP contribution < -0.4 is 5.32 Å². The van der Waals surface area contributed by atoms with E-state index in [0.29, 0.717) is 25.2 Å². The van der Waals surface area contributed by atoms with Gasteiger partial charge in [0.2, 0.25) is 5.91 Å². The summed E-state index contributed by atoms with van der Waals surface area (Å²) < 4.78 is 13.9. The molecule has 1 aliphatic heterocycles. The summed E-state index contributed by atoms with van der Waals surface area (Å²) in [5.41, 5.74) is 5.04. The highest BCUT2D eigenvalue weighted by molar-refractivity contribution is 6.31. The lowest BCUT2D eigenvalue weighted by atomic mass is 9.83. The molecule has 0 unspecified atom stereocenters. The zero-order valence-electron chi connectivity index (χ0n) is 19.2. The number of nitrogens with zero attached hydrogens (tertiary/aromatic N) is 1. The molecule has 0 aliphatic carbocycles. The van der Waals surface area contributed by atoms with Gasteiger partial charge in [0.1, 0.15) is 5.82 Å². The van der Waals surface area contributed by atoms with Crippen molar-refractivity contribution < 1.29 is 9.18 Å².